The van der Waals surface area contributed by atoms with Gasteiger partial charge < -0.3 is 5.73 Å². The average molecular weight is 284 g/mol. The highest BCUT2D eigenvalue weighted by Gasteiger charge is 2.32. The molecular weight excluding hydrogens is 260 g/mol. The van der Waals surface area contributed by atoms with E-state index in [1.165, 1.54) is 12.0 Å². The second-order valence-electron chi connectivity index (χ2n) is 6.14. The maximum absolute atomic E-state index is 6.41. The predicted molar refractivity (Wildman–Crippen MR) is 85.4 cm³/mol. The van der Waals surface area contributed by atoms with Gasteiger partial charge >= 0.3 is 0 Å². The van der Waals surface area contributed by atoms with Crippen LogP contribution in [0.4, 0.5) is 0 Å². The molecule has 0 spiro atoms. The van der Waals surface area contributed by atoms with E-state index in [0.717, 1.165) is 18.7 Å². The Kier molecular flexibility index (Phi) is 4.08. The topological polar surface area (TPSA) is 47.1 Å². The van der Waals surface area contributed by atoms with Crippen molar-refractivity contribution in [1.29, 1.82) is 0 Å². The number of likely N-dealkylation sites (tertiary alicyclic amines) is 1. The van der Waals surface area contributed by atoms with Crippen molar-refractivity contribution in [2.75, 3.05) is 6.54 Å². The molecule has 0 bridgehead atoms. The van der Waals surface area contributed by atoms with Crippen LogP contribution in [-0.2, 0) is 0 Å². The van der Waals surface area contributed by atoms with E-state index in [2.05, 4.69) is 42.2 Å². The third-order valence-corrected chi connectivity index (χ3v) is 4.34. The van der Waals surface area contributed by atoms with E-state index in [1.807, 2.05) is 29.1 Å². The Morgan fingerprint density at radius 3 is 2.71 bits per heavy atom. The summed E-state index contributed by atoms with van der Waals surface area (Å²) in [4.78, 5) is 2.50. The van der Waals surface area contributed by atoms with Crippen LogP contribution in [0.3, 0.4) is 0 Å². The van der Waals surface area contributed by atoms with E-state index < -0.39 is 0 Å². The second-order valence-corrected chi connectivity index (χ2v) is 6.14. The predicted octanol–water partition coefficient (Wildman–Crippen LogP) is 2.74. The summed E-state index contributed by atoms with van der Waals surface area (Å²) in [7, 11) is 0. The minimum absolute atomic E-state index is 0.189. The van der Waals surface area contributed by atoms with E-state index >= 15 is 0 Å². The van der Waals surface area contributed by atoms with Crippen molar-refractivity contribution in [2.24, 2.45) is 5.73 Å². The zero-order valence-corrected chi connectivity index (χ0v) is 12.8. The molecule has 2 aromatic rings. The number of hydrogen-bond acceptors (Lipinski definition) is 3. The summed E-state index contributed by atoms with van der Waals surface area (Å²) >= 11 is 0. The smallest absolute Gasteiger partial charge is 0.0645 e. The molecule has 0 aliphatic carbocycles. The Balaban J connectivity index is 1.90. The van der Waals surface area contributed by atoms with E-state index in [9.17, 15) is 0 Å². The minimum Gasteiger partial charge on any atom is -0.326 e. The summed E-state index contributed by atoms with van der Waals surface area (Å²) in [6, 6.07) is 11.2. The summed E-state index contributed by atoms with van der Waals surface area (Å²) in [5.41, 5.74) is 8.72. The number of piperidine rings is 1. The number of hydrogen-bond donors (Lipinski definition) is 1. The molecule has 3 rings (SSSR count). The van der Waals surface area contributed by atoms with Gasteiger partial charge in [-0.15, -0.1) is 0 Å². The molecule has 1 saturated heterocycles. The molecular formula is C17H24N4. The summed E-state index contributed by atoms with van der Waals surface area (Å²) in [6.45, 7) is 5.60. The lowest BCUT2D eigenvalue weighted by atomic mass is 9.91. The van der Waals surface area contributed by atoms with Gasteiger partial charge in [0.2, 0.25) is 0 Å². The first-order valence-electron chi connectivity index (χ1n) is 7.78. The van der Waals surface area contributed by atoms with Crippen LogP contribution in [0.5, 0.6) is 0 Å². The van der Waals surface area contributed by atoms with Gasteiger partial charge in [0, 0.05) is 23.8 Å². The van der Waals surface area contributed by atoms with Crippen molar-refractivity contribution >= 4 is 0 Å². The van der Waals surface area contributed by atoms with Crippen LogP contribution >= 0.6 is 0 Å². The Morgan fingerprint density at radius 2 is 2.00 bits per heavy atom. The average Bonchev–Trinajstić information content (AvgIpc) is 2.97. The zero-order valence-electron chi connectivity index (χ0n) is 12.8. The number of rotatable bonds is 3. The molecule has 1 aliphatic rings. The zero-order chi connectivity index (χ0) is 14.8. The Labute approximate surface area is 126 Å². The lowest BCUT2D eigenvalue weighted by Crippen LogP contribution is -2.48. The molecule has 1 fully saturated rings. The van der Waals surface area contributed by atoms with Gasteiger partial charge in [-0.05, 0) is 45.4 Å². The molecule has 0 saturated carbocycles. The first kappa shape index (κ1) is 14.3. The fourth-order valence-electron chi connectivity index (χ4n) is 3.28. The molecule has 2 heterocycles. The van der Waals surface area contributed by atoms with E-state index in [-0.39, 0.29) is 12.1 Å². The van der Waals surface area contributed by atoms with Crippen molar-refractivity contribution in [3.63, 3.8) is 0 Å². The molecule has 0 amide bonds. The summed E-state index contributed by atoms with van der Waals surface area (Å²) in [6.07, 6.45) is 6.37. The number of benzene rings is 1. The fourth-order valence-corrected chi connectivity index (χ4v) is 3.28. The largest absolute Gasteiger partial charge is 0.326 e. The van der Waals surface area contributed by atoms with Crippen molar-refractivity contribution < 1.29 is 0 Å². The Hall–Kier alpha value is -1.65. The van der Waals surface area contributed by atoms with Gasteiger partial charge in [0.25, 0.3) is 0 Å². The molecule has 1 aromatic carbocycles. The van der Waals surface area contributed by atoms with Crippen LogP contribution in [0.2, 0.25) is 0 Å². The van der Waals surface area contributed by atoms with E-state index in [1.54, 1.807) is 0 Å². The van der Waals surface area contributed by atoms with Crippen LogP contribution in [0.1, 0.15) is 38.3 Å². The molecule has 112 valence electrons. The number of nitrogens with zero attached hydrogens (tertiary/aromatic N) is 3. The highest BCUT2D eigenvalue weighted by atomic mass is 15.3. The quantitative estimate of drug-likeness (QED) is 0.942. The third-order valence-electron chi connectivity index (χ3n) is 4.34. The van der Waals surface area contributed by atoms with Gasteiger partial charge in [0.15, 0.2) is 0 Å². The van der Waals surface area contributed by atoms with Crippen LogP contribution in [0.15, 0.2) is 42.7 Å². The fraction of sp³-hybridized carbons (Fsp3) is 0.471. The first-order valence-corrected chi connectivity index (χ1v) is 7.78. The third kappa shape index (κ3) is 2.87. The normalized spacial score (nSPS) is 23.6. The molecule has 4 heteroatoms. The molecule has 21 heavy (non-hydrogen) atoms. The number of para-hydroxylation sites is 1. The maximum Gasteiger partial charge on any atom is 0.0645 e. The maximum atomic E-state index is 6.41. The van der Waals surface area contributed by atoms with Gasteiger partial charge in [-0.3, -0.25) is 4.90 Å². The molecule has 1 aromatic heterocycles. The molecule has 2 N–H and O–H groups in total. The molecule has 0 radical (unpaired) electrons. The van der Waals surface area contributed by atoms with Gasteiger partial charge in [-0.25, -0.2) is 4.68 Å². The van der Waals surface area contributed by atoms with Gasteiger partial charge in [-0.2, -0.15) is 5.10 Å². The first-order chi connectivity index (χ1) is 10.2. The summed E-state index contributed by atoms with van der Waals surface area (Å²) in [5, 5.41) is 4.52. The lowest BCUT2D eigenvalue weighted by molar-refractivity contribution is 0.0947. The van der Waals surface area contributed by atoms with Gasteiger partial charge in [0.05, 0.1) is 17.9 Å². The van der Waals surface area contributed by atoms with Crippen LogP contribution in [0.25, 0.3) is 5.69 Å². The second kappa shape index (κ2) is 6.00. The van der Waals surface area contributed by atoms with Gasteiger partial charge in [0.1, 0.15) is 0 Å². The van der Waals surface area contributed by atoms with E-state index in [0.29, 0.717) is 6.04 Å². The minimum atomic E-state index is 0.189. The monoisotopic (exact) mass is 284 g/mol. The number of aromatic nitrogens is 2. The van der Waals surface area contributed by atoms with Crippen molar-refractivity contribution in [3.05, 3.63) is 48.3 Å². The standard InChI is InChI=1S/C17H24N4/c1-13(2)20-10-6-9-16(18)17(20)14-11-19-21(12-14)15-7-4-3-5-8-15/h3-5,7-8,11-13,16-17H,6,9-10,18H2,1-2H3. The van der Waals surface area contributed by atoms with Crippen molar-refractivity contribution in [2.45, 2.75) is 44.8 Å². The van der Waals surface area contributed by atoms with Crippen molar-refractivity contribution in [1.82, 2.24) is 14.7 Å². The Bertz CT molecular complexity index is 575. The van der Waals surface area contributed by atoms with Crippen molar-refractivity contribution in [3.8, 4) is 5.69 Å². The lowest BCUT2D eigenvalue weighted by Gasteiger charge is -2.41. The van der Waals surface area contributed by atoms with E-state index in [4.69, 9.17) is 5.73 Å². The summed E-state index contributed by atoms with van der Waals surface area (Å²) in [5.74, 6) is 0. The molecule has 2 unspecified atom stereocenters. The number of nitrogens with two attached hydrogens (primary N) is 1. The molecule has 2 atom stereocenters. The highest BCUT2D eigenvalue weighted by Crippen LogP contribution is 2.31. The van der Waals surface area contributed by atoms with Crippen LogP contribution in [-0.4, -0.2) is 33.3 Å². The van der Waals surface area contributed by atoms with Crippen LogP contribution in [0, 0.1) is 0 Å². The van der Waals surface area contributed by atoms with Crippen LogP contribution < -0.4 is 5.73 Å². The van der Waals surface area contributed by atoms with Gasteiger partial charge in [-0.1, -0.05) is 18.2 Å². The Morgan fingerprint density at radius 1 is 1.24 bits per heavy atom. The SMILES string of the molecule is CC(C)N1CCCC(N)C1c1cnn(-c2ccccc2)c1. The molecule has 1 aliphatic heterocycles. The summed E-state index contributed by atoms with van der Waals surface area (Å²) < 4.78 is 1.94. The molecule has 4 nitrogen and oxygen atoms in total. The highest BCUT2D eigenvalue weighted by molar-refractivity contribution is 5.31.